The number of carbonyl (C=O) groups is 2. The van der Waals surface area contributed by atoms with Gasteiger partial charge in [-0.3, -0.25) is 9.59 Å². The average molecular weight is 431 g/mol. The second-order valence-electron chi connectivity index (χ2n) is 6.63. The number of anilines is 1. The van der Waals surface area contributed by atoms with Gasteiger partial charge < -0.3 is 14.5 Å². The summed E-state index contributed by atoms with van der Waals surface area (Å²) in [5.41, 5.74) is 1.84. The SMILES string of the molecule is CCOc1ccc(CN(C)C(=O)C2CC(=O)N(c3ccccc3Br)C2)cc1. The smallest absolute Gasteiger partial charge is 0.228 e. The Kier molecular flexibility index (Phi) is 6.16. The predicted octanol–water partition coefficient (Wildman–Crippen LogP) is 3.86. The highest BCUT2D eigenvalue weighted by Gasteiger charge is 2.37. The van der Waals surface area contributed by atoms with Crippen LogP contribution in [0, 0.1) is 5.92 Å². The molecule has 1 aliphatic rings. The van der Waals surface area contributed by atoms with E-state index in [1.54, 1.807) is 16.8 Å². The quantitative estimate of drug-likeness (QED) is 0.698. The van der Waals surface area contributed by atoms with Crippen LogP contribution in [0.1, 0.15) is 18.9 Å². The Balaban J connectivity index is 1.63. The van der Waals surface area contributed by atoms with Gasteiger partial charge in [-0.1, -0.05) is 24.3 Å². The van der Waals surface area contributed by atoms with E-state index in [1.807, 2.05) is 55.5 Å². The first-order valence-electron chi connectivity index (χ1n) is 9.01. The van der Waals surface area contributed by atoms with Crippen molar-refractivity contribution in [1.29, 1.82) is 0 Å². The molecule has 0 saturated carbocycles. The summed E-state index contributed by atoms with van der Waals surface area (Å²) >= 11 is 3.48. The van der Waals surface area contributed by atoms with Crippen molar-refractivity contribution in [1.82, 2.24) is 4.90 Å². The molecular formula is C21H23BrN2O3. The highest BCUT2D eigenvalue weighted by atomic mass is 79.9. The third-order valence-corrected chi connectivity index (χ3v) is 5.32. The van der Waals surface area contributed by atoms with Crippen molar-refractivity contribution < 1.29 is 14.3 Å². The third kappa shape index (κ3) is 4.50. The Bertz CT molecular complexity index is 822. The molecule has 0 radical (unpaired) electrons. The molecule has 1 heterocycles. The average Bonchev–Trinajstić information content (AvgIpc) is 3.05. The number of carbonyl (C=O) groups excluding carboxylic acids is 2. The maximum absolute atomic E-state index is 12.8. The zero-order valence-corrected chi connectivity index (χ0v) is 17.1. The Morgan fingerprint density at radius 3 is 2.59 bits per heavy atom. The van der Waals surface area contributed by atoms with Crippen molar-refractivity contribution in [2.45, 2.75) is 19.9 Å². The molecule has 1 fully saturated rings. The summed E-state index contributed by atoms with van der Waals surface area (Å²) < 4.78 is 6.30. The van der Waals surface area contributed by atoms with E-state index in [0.717, 1.165) is 21.5 Å². The van der Waals surface area contributed by atoms with Crippen LogP contribution in [-0.4, -0.2) is 36.9 Å². The van der Waals surface area contributed by atoms with E-state index in [9.17, 15) is 9.59 Å². The second-order valence-corrected chi connectivity index (χ2v) is 7.48. The minimum atomic E-state index is -0.322. The van der Waals surface area contributed by atoms with Crippen molar-refractivity contribution in [2.75, 3.05) is 25.1 Å². The Morgan fingerprint density at radius 1 is 1.22 bits per heavy atom. The van der Waals surface area contributed by atoms with Gasteiger partial charge in [0.25, 0.3) is 0 Å². The van der Waals surface area contributed by atoms with Gasteiger partial charge in [0.05, 0.1) is 18.2 Å². The molecule has 142 valence electrons. The Hall–Kier alpha value is -2.34. The first kappa shape index (κ1) is 19.4. The fourth-order valence-electron chi connectivity index (χ4n) is 3.30. The molecule has 1 atom stereocenters. The summed E-state index contributed by atoms with van der Waals surface area (Å²) in [6, 6.07) is 15.3. The maximum Gasteiger partial charge on any atom is 0.228 e. The van der Waals surface area contributed by atoms with Crippen LogP contribution >= 0.6 is 15.9 Å². The molecule has 1 unspecified atom stereocenters. The van der Waals surface area contributed by atoms with Gasteiger partial charge in [0.15, 0.2) is 0 Å². The van der Waals surface area contributed by atoms with Crippen molar-refractivity contribution in [3.8, 4) is 5.75 Å². The van der Waals surface area contributed by atoms with Gasteiger partial charge in [0.2, 0.25) is 11.8 Å². The number of rotatable bonds is 6. The van der Waals surface area contributed by atoms with Crippen LogP contribution in [0.2, 0.25) is 0 Å². The summed E-state index contributed by atoms with van der Waals surface area (Å²) in [6.07, 6.45) is 0.244. The van der Waals surface area contributed by atoms with Crippen LogP contribution < -0.4 is 9.64 Å². The molecule has 0 aliphatic carbocycles. The van der Waals surface area contributed by atoms with Gasteiger partial charge >= 0.3 is 0 Å². The van der Waals surface area contributed by atoms with Crippen molar-refractivity contribution >= 4 is 33.4 Å². The lowest BCUT2D eigenvalue weighted by molar-refractivity contribution is -0.135. The number of hydrogen-bond donors (Lipinski definition) is 0. The van der Waals surface area contributed by atoms with Crippen LogP contribution in [0.4, 0.5) is 5.69 Å². The fraction of sp³-hybridized carbons (Fsp3) is 0.333. The van der Waals surface area contributed by atoms with Crippen LogP contribution in [0.15, 0.2) is 53.0 Å². The number of nitrogens with zero attached hydrogens (tertiary/aromatic N) is 2. The summed E-state index contributed by atoms with van der Waals surface area (Å²) in [4.78, 5) is 28.7. The van der Waals surface area contributed by atoms with E-state index in [-0.39, 0.29) is 24.2 Å². The molecule has 2 aromatic rings. The van der Waals surface area contributed by atoms with E-state index in [4.69, 9.17) is 4.74 Å². The molecule has 5 nitrogen and oxygen atoms in total. The first-order valence-corrected chi connectivity index (χ1v) is 9.80. The van der Waals surface area contributed by atoms with Crippen LogP contribution in [0.25, 0.3) is 0 Å². The maximum atomic E-state index is 12.8. The summed E-state index contributed by atoms with van der Waals surface area (Å²) in [5.74, 6) is 0.472. The van der Waals surface area contributed by atoms with E-state index in [1.165, 1.54) is 0 Å². The minimum Gasteiger partial charge on any atom is -0.494 e. The number of amides is 2. The lowest BCUT2D eigenvalue weighted by Gasteiger charge is -2.22. The van der Waals surface area contributed by atoms with Gasteiger partial charge in [0, 0.05) is 31.0 Å². The number of halogens is 1. The fourth-order valence-corrected chi connectivity index (χ4v) is 3.80. The van der Waals surface area contributed by atoms with Crippen molar-refractivity contribution in [3.05, 3.63) is 58.6 Å². The van der Waals surface area contributed by atoms with Gasteiger partial charge in [-0.25, -0.2) is 0 Å². The van der Waals surface area contributed by atoms with Gasteiger partial charge in [-0.05, 0) is 52.7 Å². The van der Waals surface area contributed by atoms with Gasteiger partial charge in [0.1, 0.15) is 5.75 Å². The molecule has 27 heavy (non-hydrogen) atoms. The molecule has 1 aliphatic heterocycles. The first-order chi connectivity index (χ1) is 13.0. The predicted molar refractivity (Wildman–Crippen MR) is 109 cm³/mol. The van der Waals surface area contributed by atoms with Crippen molar-refractivity contribution in [2.24, 2.45) is 5.92 Å². The number of benzene rings is 2. The topological polar surface area (TPSA) is 49.9 Å². The number of ether oxygens (including phenoxy) is 1. The van der Waals surface area contributed by atoms with Gasteiger partial charge in [-0.2, -0.15) is 0 Å². The Morgan fingerprint density at radius 2 is 1.93 bits per heavy atom. The molecule has 6 heteroatoms. The molecule has 2 amide bonds. The molecular weight excluding hydrogens is 408 g/mol. The summed E-state index contributed by atoms with van der Waals surface area (Å²) in [5, 5.41) is 0. The molecule has 3 rings (SSSR count). The molecule has 0 aromatic heterocycles. The zero-order chi connectivity index (χ0) is 19.4. The van der Waals surface area contributed by atoms with Crippen LogP contribution in [0.5, 0.6) is 5.75 Å². The molecule has 0 N–H and O–H groups in total. The summed E-state index contributed by atoms with van der Waals surface area (Å²) in [7, 11) is 1.78. The van der Waals surface area contributed by atoms with E-state index < -0.39 is 0 Å². The Labute approximate surface area is 168 Å². The largest absolute Gasteiger partial charge is 0.494 e. The standard InChI is InChI=1S/C21H23BrN2O3/c1-3-27-17-10-8-15(9-11-17)13-23(2)21(26)16-12-20(25)24(14-16)19-7-5-4-6-18(19)22/h4-11,16H,3,12-14H2,1-2H3. The van der Waals surface area contributed by atoms with E-state index in [2.05, 4.69) is 15.9 Å². The van der Waals surface area contributed by atoms with E-state index >= 15 is 0 Å². The monoisotopic (exact) mass is 430 g/mol. The minimum absolute atomic E-state index is 0.00760. The molecule has 0 bridgehead atoms. The van der Waals surface area contributed by atoms with Crippen LogP contribution in [0.3, 0.4) is 0 Å². The van der Waals surface area contributed by atoms with E-state index in [0.29, 0.717) is 19.7 Å². The molecule has 2 aromatic carbocycles. The highest BCUT2D eigenvalue weighted by molar-refractivity contribution is 9.10. The van der Waals surface area contributed by atoms with Crippen molar-refractivity contribution in [3.63, 3.8) is 0 Å². The zero-order valence-electron chi connectivity index (χ0n) is 15.5. The lowest BCUT2D eigenvalue weighted by atomic mass is 10.1. The normalized spacial score (nSPS) is 16.5. The van der Waals surface area contributed by atoms with Gasteiger partial charge in [-0.15, -0.1) is 0 Å². The third-order valence-electron chi connectivity index (χ3n) is 4.65. The lowest BCUT2D eigenvalue weighted by Crippen LogP contribution is -2.34. The summed E-state index contributed by atoms with van der Waals surface area (Å²) in [6.45, 7) is 3.49. The number of hydrogen-bond acceptors (Lipinski definition) is 3. The second kappa shape index (κ2) is 8.57. The molecule has 0 spiro atoms. The molecule has 1 saturated heterocycles. The highest BCUT2D eigenvalue weighted by Crippen LogP contribution is 2.32. The number of para-hydroxylation sites is 1. The van der Waals surface area contributed by atoms with Crippen LogP contribution in [-0.2, 0) is 16.1 Å².